The summed E-state index contributed by atoms with van der Waals surface area (Å²) in [6, 6.07) is 1.74. The van der Waals surface area contributed by atoms with Crippen molar-refractivity contribution < 1.29 is 32.6 Å². The molecule has 3 amide bonds. The van der Waals surface area contributed by atoms with Crippen LogP contribution in [0.4, 0.5) is 29.3 Å². The van der Waals surface area contributed by atoms with Crippen LogP contribution in [0.25, 0.3) is 5.57 Å². The fourth-order valence-corrected chi connectivity index (χ4v) is 3.27. The van der Waals surface area contributed by atoms with Crippen LogP contribution in [0.3, 0.4) is 0 Å². The maximum atomic E-state index is 13.4. The van der Waals surface area contributed by atoms with Crippen molar-refractivity contribution >= 4 is 28.9 Å². The van der Waals surface area contributed by atoms with Crippen LogP contribution in [0.1, 0.15) is 28.7 Å². The third kappa shape index (κ3) is 7.91. The predicted molar refractivity (Wildman–Crippen MR) is 134 cm³/mol. The van der Waals surface area contributed by atoms with E-state index in [9.17, 15) is 27.9 Å². The Hall–Kier alpha value is -4.17. The molecular weight excluding hydrogens is 507 g/mol. The SMILES string of the molecule is CCOC1=CC(c2ncc(NC(=O)Nc3cc(C(=O)NCCN(C)C)cc(C(F)(F)F)c3)cn2)=CNC1O. The molecule has 204 valence electrons. The van der Waals surface area contributed by atoms with E-state index in [2.05, 4.69) is 31.2 Å². The van der Waals surface area contributed by atoms with Gasteiger partial charge in [-0.25, -0.2) is 14.8 Å². The van der Waals surface area contributed by atoms with Crippen molar-refractivity contribution in [1.82, 2.24) is 25.5 Å². The van der Waals surface area contributed by atoms with E-state index in [1.54, 1.807) is 27.1 Å². The zero-order valence-corrected chi connectivity index (χ0v) is 20.9. The molecule has 1 unspecified atom stereocenters. The lowest BCUT2D eigenvalue weighted by Crippen LogP contribution is -2.31. The van der Waals surface area contributed by atoms with Crippen molar-refractivity contribution in [1.29, 1.82) is 0 Å². The first-order valence-electron chi connectivity index (χ1n) is 11.5. The lowest BCUT2D eigenvalue weighted by atomic mass is 10.1. The highest BCUT2D eigenvalue weighted by molar-refractivity contribution is 6.01. The second-order valence-electron chi connectivity index (χ2n) is 8.38. The highest BCUT2D eigenvalue weighted by atomic mass is 19.4. The average Bonchev–Trinajstić information content (AvgIpc) is 2.85. The standard InChI is InChI=1S/C24H28F3N7O4/c1-4-38-19-9-15(11-31-22(19)36)20-29-12-18(13-30-20)33-23(37)32-17-8-14(7-16(10-17)24(25,26)27)21(35)28-5-6-34(2)3/h7-13,22,31,36H,4-6H2,1-3H3,(H,28,35)(H2,32,33,37). The zero-order valence-electron chi connectivity index (χ0n) is 20.9. The number of amides is 3. The number of rotatable bonds is 9. The number of dihydropyridines is 1. The fraction of sp³-hybridized carbons (Fsp3) is 0.333. The molecule has 1 aromatic heterocycles. The normalized spacial score (nSPS) is 15.2. The summed E-state index contributed by atoms with van der Waals surface area (Å²) in [5.41, 5.74) is -0.869. The quantitative estimate of drug-likeness (QED) is 0.330. The van der Waals surface area contributed by atoms with E-state index in [-0.39, 0.29) is 29.3 Å². The molecule has 1 aliphatic rings. The number of benzene rings is 1. The second kappa shape index (κ2) is 12.4. The van der Waals surface area contributed by atoms with Gasteiger partial charge in [0.25, 0.3) is 5.91 Å². The number of nitrogens with one attached hydrogen (secondary N) is 4. The molecule has 0 saturated heterocycles. The number of nitrogens with zero attached hydrogens (tertiary/aromatic N) is 3. The van der Waals surface area contributed by atoms with Gasteiger partial charge in [0.15, 0.2) is 12.1 Å². The van der Waals surface area contributed by atoms with Gasteiger partial charge in [0.1, 0.15) is 5.76 Å². The Morgan fingerprint density at radius 2 is 1.82 bits per heavy atom. The molecule has 0 fully saturated rings. The Kier molecular flexibility index (Phi) is 9.25. The zero-order chi connectivity index (χ0) is 27.9. The molecule has 1 aromatic carbocycles. The number of allylic oxidation sites excluding steroid dienone is 2. The molecule has 1 atom stereocenters. The first kappa shape index (κ1) is 28.4. The molecule has 0 saturated carbocycles. The smallest absolute Gasteiger partial charge is 0.416 e. The van der Waals surface area contributed by atoms with E-state index >= 15 is 0 Å². The number of halogens is 3. The molecule has 0 aliphatic carbocycles. The second-order valence-corrected chi connectivity index (χ2v) is 8.38. The third-order valence-electron chi connectivity index (χ3n) is 5.07. The molecule has 14 heteroatoms. The number of aliphatic hydroxyl groups excluding tert-OH is 1. The predicted octanol–water partition coefficient (Wildman–Crippen LogP) is 2.61. The molecule has 0 radical (unpaired) electrons. The van der Waals surface area contributed by atoms with Gasteiger partial charge in [-0.1, -0.05) is 0 Å². The fourth-order valence-electron chi connectivity index (χ4n) is 3.27. The van der Waals surface area contributed by atoms with Crippen LogP contribution in [-0.4, -0.2) is 71.9 Å². The summed E-state index contributed by atoms with van der Waals surface area (Å²) in [5.74, 6) is -0.136. The number of likely N-dealkylation sites (N-methyl/N-ethyl adjacent to an activating group) is 1. The van der Waals surface area contributed by atoms with Crippen LogP contribution in [0, 0.1) is 0 Å². The van der Waals surface area contributed by atoms with Crippen LogP contribution in [0.5, 0.6) is 0 Å². The number of aromatic nitrogens is 2. The summed E-state index contributed by atoms with van der Waals surface area (Å²) < 4.78 is 45.6. The van der Waals surface area contributed by atoms with Gasteiger partial charge in [0.05, 0.1) is 30.3 Å². The minimum atomic E-state index is -4.73. The number of carbonyl (C=O) groups is 2. The maximum Gasteiger partial charge on any atom is 0.416 e. The number of urea groups is 1. The van der Waals surface area contributed by atoms with E-state index in [4.69, 9.17) is 4.74 Å². The van der Waals surface area contributed by atoms with Gasteiger partial charge in [-0.15, -0.1) is 0 Å². The molecule has 3 rings (SSSR count). The number of aliphatic hydroxyl groups is 1. The van der Waals surface area contributed by atoms with Crippen molar-refractivity contribution in [3.8, 4) is 0 Å². The minimum absolute atomic E-state index is 0.165. The highest BCUT2D eigenvalue weighted by Crippen LogP contribution is 2.32. The monoisotopic (exact) mass is 535 g/mol. The maximum absolute atomic E-state index is 13.4. The Balaban J connectivity index is 1.70. The van der Waals surface area contributed by atoms with E-state index in [0.29, 0.717) is 24.5 Å². The van der Waals surface area contributed by atoms with E-state index in [0.717, 1.165) is 18.2 Å². The number of ether oxygens (including phenoxy) is 1. The molecule has 0 spiro atoms. The summed E-state index contributed by atoms with van der Waals surface area (Å²) >= 11 is 0. The van der Waals surface area contributed by atoms with Crippen LogP contribution < -0.4 is 21.3 Å². The summed E-state index contributed by atoms with van der Waals surface area (Å²) in [6.45, 7) is 2.86. The van der Waals surface area contributed by atoms with Crippen LogP contribution >= 0.6 is 0 Å². The van der Waals surface area contributed by atoms with Gasteiger partial charge >= 0.3 is 12.2 Å². The molecule has 5 N–H and O–H groups in total. The number of hydrogen-bond donors (Lipinski definition) is 5. The summed E-state index contributed by atoms with van der Waals surface area (Å²) in [5, 5.41) is 19.9. The minimum Gasteiger partial charge on any atom is -0.493 e. The van der Waals surface area contributed by atoms with Crippen molar-refractivity contribution in [3.63, 3.8) is 0 Å². The molecule has 38 heavy (non-hydrogen) atoms. The molecular formula is C24H28F3N7O4. The van der Waals surface area contributed by atoms with Crippen LogP contribution in [0.2, 0.25) is 0 Å². The van der Waals surface area contributed by atoms with E-state index in [1.807, 2.05) is 4.90 Å². The number of carbonyl (C=O) groups excluding carboxylic acids is 2. The van der Waals surface area contributed by atoms with Gasteiger partial charge < -0.3 is 36.0 Å². The van der Waals surface area contributed by atoms with Crippen molar-refractivity contribution in [2.24, 2.45) is 0 Å². The van der Waals surface area contributed by atoms with Gasteiger partial charge in [-0.05, 0) is 45.3 Å². The largest absolute Gasteiger partial charge is 0.493 e. The number of anilines is 2. The Morgan fingerprint density at radius 3 is 2.45 bits per heavy atom. The topological polar surface area (TPSA) is 141 Å². The van der Waals surface area contributed by atoms with Crippen LogP contribution in [-0.2, 0) is 10.9 Å². The lowest BCUT2D eigenvalue weighted by Gasteiger charge is -2.20. The molecule has 11 nitrogen and oxygen atoms in total. The van der Waals surface area contributed by atoms with Gasteiger partial charge in [0.2, 0.25) is 0 Å². The Morgan fingerprint density at radius 1 is 1.13 bits per heavy atom. The summed E-state index contributed by atoms with van der Waals surface area (Å²) in [7, 11) is 3.58. The first-order chi connectivity index (χ1) is 18.0. The average molecular weight is 536 g/mol. The first-order valence-corrected chi connectivity index (χ1v) is 11.5. The molecule has 2 heterocycles. The van der Waals surface area contributed by atoms with Gasteiger partial charge in [0, 0.05) is 36.1 Å². The van der Waals surface area contributed by atoms with Crippen LogP contribution in [0.15, 0.2) is 48.6 Å². The number of alkyl halides is 3. The molecule has 0 bridgehead atoms. The third-order valence-corrected chi connectivity index (χ3v) is 5.07. The van der Waals surface area contributed by atoms with Gasteiger partial charge in [-0.3, -0.25) is 4.79 Å². The van der Waals surface area contributed by atoms with Crippen molar-refractivity contribution in [2.75, 3.05) is 44.4 Å². The molecule has 2 aromatic rings. The van der Waals surface area contributed by atoms with Crippen molar-refractivity contribution in [3.05, 3.63) is 65.6 Å². The molecule has 1 aliphatic heterocycles. The Labute approximate surface area is 216 Å². The summed E-state index contributed by atoms with van der Waals surface area (Å²) in [4.78, 5) is 35.0. The summed E-state index contributed by atoms with van der Waals surface area (Å²) in [6.07, 6.45) is -0.0450. The lowest BCUT2D eigenvalue weighted by molar-refractivity contribution is -0.137. The Bertz CT molecular complexity index is 1210. The van der Waals surface area contributed by atoms with E-state index in [1.165, 1.54) is 18.6 Å². The van der Waals surface area contributed by atoms with E-state index < -0.39 is 29.9 Å². The highest BCUT2D eigenvalue weighted by Gasteiger charge is 2.32. The van der Waals surface area contributed by atoms with Crippen molar-refractivity contribution in [2.45, 2.75) is 19.3 Å². The number of hydrogen-bond acceptors (Lipinski definition) is 8. The van der Waals surface area contributed by atoms with Gasteiger partial charge in [-0.2, -0.15) is 13.2 Å².